The smallest absolute Gasteiger partial charge is 0.410 e. The number of benzene rings is 4. The van der Waals surface area contributed by atoms with Gasteiger partial charge >= 0.3 is 6.09 Å². The number of piperazine rings is 1. The predicted octanol–water partition coefficient (Wildman–Crippen LogP) is 10.1. The normalized spacial score (nSPS) is 14.0. The number of carbonyl (C=O) groups is 1. The number of halogens is 1. The van der Waals surface area contributed by atoms with E-state index in [4.69, 9.17) is 9.72 Å². The molecule has 1 N–H and O–H groups in total. The van der Waals surface area contributed by atoms with Crippen LogP contribution in [0.1, 0.15) is 65.5 Å². The minimum atomic E-state index is -3.20. The van der Waals surface area contributed by atoms with Crippen molar-refractivity contribution in [1.29, 1.82) is 5.26 Å². The van der Waals surface area contributed by atoms with Crippen molar-refractivity contribution >= 4 is 57.4 Å². The Labute approximate surface area is 364 Å². The molecule has 7 rings (SSSR count). The van der Waals surface area contributed by atoms with Gasteiger partial charge in [0.15, 0.2) is 0 Å². The van der Waals surface area contributed by atoms with Gasteiger partial charge in [0.1, 0.15) is 18.0 Å². The Balaban J connectivity index is 1.20. The van der Waals surface area contributed by atoms with Gasteiger partial charge in [-0.3, -0.25) is 0 Å². The Morgan fingerprint density at radius 2 is 1.42 bits per heavy atom. The van der Waals surface area contributed by atoms with Crippen LogP contribution in [-0.4, -0.2) is 59.8 Å². The maximum atomic E-state index is 13.0. The molecular formula is C50H56BrN5O3Si. The molecule has 10 heteroatoms. The summed E-state index contributed by atoms with van der Waals surface area (Å²) in [4.78, 5) is 34.8. The first-order valence-corrected chi connectivity index (χ1v) is 23.6. The van der Waals surface area contributed by atoms with Crippen LogP contribution < -0.4 is 15.3 Å². The SMILES string of the molecule is CC(C)(CCC(C)(C)[Si](O)(c1ccccc1)c1ccccc1)Cc1c(-c2ccnc(N3CCN(C(=O)OCc4ccccc4)CC3)c2)n(C(C)(C)C#N)c2ccc(Br)cc12. The molecule has 4 aromatic carbocycles. The molecule has 60 heavy (non-hydrogen) atoms. The Bertz CT molecular complexity index is 2430. The molecule has 0 radical (unpaired) electrons. The summed E-state index contributed by atoms with van der Waals surface area (Å²) >= 11 is 3.78. The zero-order chi connectivity index (χ0) is 42.7. The van der Waals surface area contributed by atoms with Crippen LogP contribution in [0.15, 0.2) is 132 Å². The topological polar surface area (TPSA) is 94.6 Å². The maximum Gasteiger partial charge on any atom is 0.410 e. The lowest BCUT2D eigenvalue weighted by molar-refractivity contribution is 0.0941. The quantitative estimate of drug-likeness (QED) is 0.116. The molecule has 0 aliphatic carbocycles. The number of rotatable bonds is 13. The molecule has 1 saturated heterocycles. The summed E-state index contributed by atoms with van der Waals surface area (Å²) in [6, 6.07) is 43.4. The molecule has 0 saturated carbocycles. The fraction of sp³-hybridized carbons (Fsp3) is 0.340. The van der Waals surface area contributed by atoms with E-state index >= 15 is 0 Å². The van der Waals surface area contributed by atoms with Gasteiger partial charge < -0.3 is 23.9 Å². The molecule has 0 unspecified atom stereocenters. The zero-order valence-electron chi connectivity index (χ0n) is 35.7. The number of hydrogen-bond acceptors (Lipinski definition) is 6. The number of nitrogens with zero attached hydrogens (tertiary/aromatic N) is 5. The number of anilines is 1. The van der Waals surface area contributed by atoms with Gasteiger partial charge in [0, 0.05) is 47.8 Å². The second-order valence-corrected chi connectivity index (χ2v) is 22.9. The molecule has 0 bridgehead atoms. The standard InChI is InChI=1S/C50H56BrN5O3Si/c1-48(2,25-26-50(5,6)60(58,40-18-12-8-13-19-40)41-20-14-9-15-21-41)34-43-42-33-39(51)22-23-44(42)56(49(3,4)36-52)46(43)38-24-27-53-45(32-38)54-28-30-55(31-29-54)47(57)59-35-37-16-10-7-11-17-37/h7-24,27,32-33,58H,25-26,28-31,34-35H2,1-6H3. The molecule has 0 spiro atoms. The molecule has 3 heterocycles. The van der Waals surface area contributed by atoms with Gasteiger partial charge in [0.05, 0.1) is 17.3 Å². The fourth-order valence-corrected chi connectivity index (χ4v) is 12.9. The Morgan fingerprint density at radius 1 is 0.817 bits per heavy atom. The van der Waals surface area contributed by atoms with Crippen LogP contribution in [0.5, 0.6) is 0 Å². The lowest BCUT2D eigenvalue weighted by Gasteiger charge is -2.43. The van der Waals surface area contributed by atoms with Crippen molar-refractivity contribution in [3.8, 4) is 17.3 Å². The van der Waals surface area contributed by atoms with Gasteiger partial charge in [-0.05, 0) is 95.4 Å². The van der Waals surface area contributed by atoms with Crippen molar-refractivity contribution in [2.45, 2.75) is 78.0 Å². The molecule has 1 fully saturated rings. The highest BCUT2D eigenvalue weighted by molar-refractivity contribution is 9.10. The van der Waals surface area contributed by atoms with E-state index in [0.29, 0.717) is 26.2 Å². The number of ether oxygens (including phenoxy) is 1. The van der Waals surface area contributed by atoms with Gasteiger partial charge in [0.25, 0.3) is 8.32 Å². The van der Waals surface area contributed by atoms with Gasteiger partial charge in [-0.25, -0.2) is 9.78 Å². The van der Waals surface area contributed by atoms with Gasteiger partial charge in [-0.2, -0.15) is 5.26 Å². The summed E-state index contributed by atoms with van der Waals surface area (Å²) < 4.78 is 8.82. The van der Waals surface area contributed by atoms with Gasteiger partial charge in [-0.15, -0.1) is 0 Å². The lowest BCUT2D eigenvalue weighted by Crippen LogP contribution is -2.65. The third kappa shape index (κ3) is 8.81. The minimum absolute atomic E-state index is 0.186. The number of fused-ring (bicyclic) bond motifs is 1. The average molecular weight is 883 g/mol. The first-order chi connectivity index (χ1) is 28.6. The number of amides is 1. The number of aromatic nitrogens is 2. The fourth-order valence-electron chi connectivity index (χ4n) is 8.81. The highest BCUT2D eigenvalue weighted by atomic mass is 79.9. The van der Waals surface area contributed by atoms with Crippen LogP contribution >= 0.6 is 15.9 Å². The molecule has 2 aromatic heterocycles. The second-order valence-electron chi connectivity index (χ2n) is 18.1. The summed E-state index contributed by atoms with van der Waals surface area (Å²) in [5.41, 5.74) is 4.08. The Morgan fingerprint density at radius 3 is 2.02 bits per heavy atom. The molecule has 310 valence electrons. The zero-order valence-corrected chi connectivity index (χ0v) is 38.2. The van der Waals surface area contributed by atoms with E-state index in [1.807, 2.05) is 86.8 Å². The summed E-state index contributed by atoms with van der Waals surface area (Å²) in [5.74, 6) is 0.829. The molecule has 0 atom stereocenters. The van der Waals surface area contributed by atoms with Crippen LogP contribution in [0.4, 0.5) is 10.6 Å². The van der Waals surface area contributed by atoms with Gasteiger partial charge in [-0.1, -0.05) is 135 Å². The van der Waals surface area contributed by atoms with E-state index in [2.05, 4.69) is 114 Å². The molecular weight excluding hydrogens is 827 g/mol. The summed E-state index contributed by atoms with van der Waals surface area (Å²) in [5, 5.41) is 13.4. The van der Waals surface area contributed by atoms with Crippen molar-refractivity contribution in [2.75, 3.05) is 31.1 Å². The summed E-state index contributed by atoms with van der Waals surface area (Å²) in [6.07, 6.45) is 3.99. The number of pyridine rings is 1. The average Bonchev–Trinajstić information content (AvgIpc) is 3.58. The van der Waals surface area contributed by atoms with E-state index in [9.17, 15) is 14.9 Å². The summed E-state index contributed by atoms with van der Waals surface area (Å²) in [6.45, 7) is 15.6. The van der Waals surface area contributed by atoms with Crippen molar-refractivity contribution in [2.24, 2.45) is 5.41 Å². The second kappa shape index (κ2) is 17.4. The maximum absolute atomic E-state index is 13.0. The first-order valence-electron chi connectivity index (χ1n) is 20.9. The number of hydrogen-bond donors (Lipinski definition) is 1. The van der Waals surface area contributed by atoms with E-state index in [1.54, 1.807) is 4.90 Å². The monoisotopic (exact) mass is 881 g/mol. The van der Waals surface area contributed by atoms with Crippen LogP contribution in [0.2, 0.25) is 5.04 Å². The molecule has 1 aliphatic rings. The molecule has 1 aliphatic heterocycles. The van der Waals surface area contributed by atoms with Crippen LogP contribution in [0.25, 0.3) is 22.2 Å². The number of nitriles is 1. The van der Waals surface area contributed by atoms with Crippen LogP contribution in [0.3, 0.4) is 0 Å². The van der Waals surface area contributed by atoms with E-state index in [-0.39, 0.29) is 18.1 Å². The number of carbonyl (C=O) groups excluding carboxylic acids is 1. The van der Waals surface area contributed by atoms with Crippen molar-refractivity contribution < 1.29 is 14.3 Å². The highest BCUT2D eigenvalue weighted by Crippen LogP contribution is 2.47. The Hall–Kier alpha value is -5.21. The third-order valence-corrected chi connectivity index (χ3v) is 17.4. The predicted molar refractivity (Wildman–Crippen MR) is 249 cm³/mol. The van der Waals surface area contributed by atoms with Crippen molar-refractivity contribution in [3.63, 3.8) is 0 Å². The van der Waals surface area contributed by atoms with Crippen molar-refractivity contribution in [3.05, 3.63) is 143 Å². The molecule has 8 nitrogen and oxygen atoms in total. The van der Waals surface area contributed by atoms with E-state index in [0.717, 1.165) is 67.7 Å². The Kier molecular flexibility index (Phi) is 12.4. The highest BCUT2D eigenvalue weighted by Gasteiger charge is 2.50. The summed E-state index contributed by atoms with van der Waals surface area (Å²) in [7, 11) is -3.20. The van der Waals surface area contributed by atoms with Crippen LogP contribution in [0, 0.1) is 16.7 Å². The van der Waals surface area contributed by atoms with Gasteiger partial charge in [0.2, 0.25) is 0 Å². The largest absolute Gasteiger partial charge is 0.445 e. The molecule has 6 aromatic rings. The first kappa shape index (κ1) is 42.9. The minimum Gasteiger partial charge on any atom is -0.445 e. The third-order valence-electron chi connectivity index (χ3n) is 12.4. The lowest BCUT2D eigenvalue weighted by atomic mass is 9.78. The van der Waals surface area contributed by atoms with E-state index in [1.165, 1.54) is 5.56 Å². The van der Waals surface area contributed by atoms with Crippen LogP contribution in [-0.2, 0) is 23.3 Å². The molecule has 1 amide bonds. The van der Waals surface area contributed by atoms with E-state index < -0.39 is 18.9 Å². The van der Waals surface area contributed by atoms with Crippen molar-refractivity contribution in [1.82, 2.24) is 14.5 Å².